The van der Waals surface area contributed by atoms with Crippen molar-refractivity contribution in [3.63, 3.8) is 0 Å². The van der Waals surface area contributed by atoms with Crippen LogP contribution in [0.3, 0.4) is 0 Å². The molecule has 0 radical (unpaired) electrons. The van der Waals surface area contributed by atoms with Gasteiger partial charge in [0.25, 0.3) is 0 Å². The molecule has 10 atom stereocenters. The Hall–Kier alpha value is -2.93. The Balaban J connectivity index is 1.91. The first-order chi connectivity index (χ1) is 20.4. The van der Waals surface area contributed by atoms with Crippen molar-refractivity contribution in [3.05, 3.63) is 47.0 Å². The lowest BCUT2D eigenvalue weighted by Gasteiger charge is -2.40. The fourth-order valence-electron chi connectivity index (χ4n) is 5.01. The number of ether oxygens (including phenoxy) is 4. The minimum absolute atomic E-state index is 0.0597. The van der Waals surface area contributed by atoms with Crippen molar-refractivity contribution >= 4 is 16.7 Å². The quantitative estimate of drug-likeness (QED) is 0.123. The van der Waals surface area contributed by atoms with Crippen molar-refractivity contribution in [1.29, 1.82) is 0 Å². The molecule has 2 aliphatic heterocycles. The molecule has 2 fully saturated rings. The van der Waals surface area contributed by atoms with Gasteiger partial charge in [0.1, 0.15) is 65.9 Å². The Labute approximate surface area is 245 Å². The van der Waals surface area contributed by atoms with E-state index in [1.807, 2.05) is 0 Å². The highest BCUT2D eigenvalue weighted by atomic mass is 16.7. The lowest BCUT2D eigenvalue weighted by Crippen LogP contribution is -2.60. The van der Waals surface area contributed by atoms with Crippen LogP contribution in [0.15, 0.2) is 35.9 Å². The van der Waals surface area contributed by atoms with Crippen LogP contribution in [0.2, 0.25) is 0 Å². The van der Waals surface area contributed by atoms with Crippen LogP contribution in [-0.2, 0) is 15.9 Å². The standard InChI is InChI=1S/C28H36O15/c1-11(8-29)6-7-14-17(26(38)39)25(43-28-23(37)21(35)19(33)16(10-31)41-28)13-5-3-2-4-12(13)24(14)42-27-22(36)20(34)18(32)15(9-30)40-27/h2-6,15-16,18-23,27-37H,7-10H2,1H3,(H,38,39)/b11-6-/t15-,16-,18-,19-,20+,21+,22-,23-,27+,28+/m1/s1. The minimum Gasteiger partial charge on any atom is -0.478 e. The molecule has 0 saturated carbocycles. The molecule has 15 heteroatoms. The van der Waals surface area contributed by atoms with Gasteiger partial charge in [-0.1, -0.05) is 35.9 Å². The van der Waals surface area contributed by atoms with E-state index in [1.165, 1.54) is 18.2 Å². The summed E-state index contributed by atoms with van der Waals surface area (Å²) < 4.78 is 22.8. The summed E-state index contributed by atoms with van der Waals surface area (Å²) >= 11 is 0. The zero-order valence-electron chi connectivity index (χ0n) is 23.0. The average Bonchev–Trinajstić information content (AvgIpc) is 3.00. The molecular formula is C28H36O15. The molecule has 0 aromatic heterocycles. The topological polar surface area (TPSA) is 256 Å². The summed E-state index contributed by atoms with van der Waals surface area (Å²) in [4.78, 5) is 12.8. The maximum Gasteiger partial charge on any atom is 0.339 e. The van der Waals surface area contributed by atoms with Crippen molar-refractivity contribution in [3.8, 4) is 11.5 Å². The minimum atomic E-state index is -1.86. The maximum atomic E-state index is 12.8. The number of carboxylic acids is 1. The van der Waals surface area contributed by atoms with Gasteiger partial charge in [-0.25, -0.2) is 4.79 Å². The van der Waals surface area contributed by atoms with E-state index in [0.717, 1.165) is 0 Å². The van der Waals surface area contributed by atoms with E-state index in [9.17, 15) is 55.9 Å². The van der Waals surface area contributed by atoms with Crippen LogP contribution in [0.1, 0.15) is 22.8 Å². The number of hydrogen-bond acceptors (Lipinski definition) is 14. The number of aliphatic hydroxyl groups is 9. The Morgan fingerprint density at radius 3 is 1.67 bits per heavy atom. The average molecular weight is 613 g/mol. The van der Waals surface area contributed by atoms with Crippen molar-refractivity contribution in [2.45, 2.75) is 74.8 Å². The molecule has 4 rings (SSSR count). The Kier molecular flexibility index (Phi) is 10.6. The second-order valence-corrected chi connectivity index (χ2v) is 10.4. The van der Waals surface area contributed by atoms with Crippen LogP contribution in [0.25, 0.3) is 10.8 Å². The number of allylic oxidation sites excluding steroid dienone is 1. The molecule has 2 aromatic rings. The number of carboxylic acid groups (broad SMARTS) is 1. The summed E-state index contributed by atoms with van der Waals surface area (Å²) in [5, 5.41) is 102. The zero-order valence-corrected chi connectivity index (χ0v) is 23.0. The van der Waals surface area contributed by atoms with E-state index in [4.69, 9.17) is 18.9 Å². The highest BCUT2D eigenvalue weighted by molar-refractivity contribution is 6.05. The first-order valence-electron chi connectivity index (χ1n) is 13.5. The maximum absolute atomic E-state index is 12.8. The molecule has 15 nitrogen and oxygen atoms in total. The highest BCUT2D eigenvalue weighted by Gasteiger charge is 2.47. The number of benzene rings is 2. The number of hydrogen-bond donors (Lipinski definition) is 10. The molecule has 43 heavy (non-hydrogen) atoms. The van der Waals surface area contributed by atoms with Gasteiger partial charge < -0.3 is 70.0 Å². The van der Waals surface area contributed by atoms with Crippen LogP contribution in [0, 0.1) is 0 Å². The van der Waals surface area contributed by atoms with Gasteiger partial charge in [-0.15, -0.1) is 0 Å². The zero-order chi connectivity index (χ0) is 31.6. The van der Waals surface area contributed by atoms with E-state index in [-0.39, 0.29) is 40.9 Å². The summed E-state index contributed by atoms with van der Waals surface area (Å²) in [5.74, 6) is -2.01. The van der Waals surface area contributed by atoms with Crippen LogP contribution in [0.4, 0.5) is 0 Å². The fourth-order valence-corrected chi connectivity index (χ4v) is 5.01. The molecule has 0 unspecified atom stereocenters. The molecule has 238 valence electrons. The Bertz CT molecular complexity index is 1310. The molecule has 0 spiro atoms. The first kappa shape index (κ1) is 33.0. The molecule has 2 aliphatic rings. The molecule has 0 amide bonds. The predicted octanol–water partition coefficient (Wildman–Crippen LogP) is -2.62. The largest absolute Gasteiger partial charge is 0.478 e. The summed E-state index contributed by atoms with van der Waals surface area (Å²) in [6.07, 6.45) is -15.4. The van der Waals surface area contributed by atoms with Crippen molar-refractivity contribution in [2.24, 2.45) is 0 Å². The third-order valence-corrected chi connectivity index (χ3v) is 7.50. The van der Waals surface area contributed by atoms with Crippen LogP contribution in [-0.4, -0.2) is 138 Å². The monoisotopic (exact) mass is 612 g/mol. The molecule has 10 N–H and O–H groups in total. The molecular weight excluding hydrogens is 576 g/mol. The Morgan fingerprint density at radius 2 is 1.23 bits per heavy atom. The van der Waals surface area contributed by atoms with Gasteiger partial charge in [-0.05, 0) is 13.3 Å². The highest BCUT2D eigenvalue weighted by Crippen LogP contribution is 2.44. The second kappa shape index (κ2) is 13.8. The Morgan fingerprint density at radius 1 is 0.767 bits per heavy atom. The number of aromatic carboxylic acids is 1. The van der Waals surface area contributed by atoms with Gasteiger partial charge >= 0.3 is 5.97 Å². The van der Waals surface area contributed by atoms with E-state index in [1.54, 1.807) is 19.1 Å². The van der Waals surface area contributed by atoms with Gasteiger partial charge in [0.2, 0.25) is 12.6 Å². The summed E-state index contributed by atoms with van der Waals surface area (Å²) in [7, 11) is 0. The van der Waals surface area contributed by atoms with Crippen LogP contribution in [0.5, 0.6) is 11.5 Å². The smallest absolute Gasteiger partial charge is 0.339 e. The van der Waals surface area contributed by atoms with Crippen molar-refractivity contribution < 1.29 is 74.8 Å². The van der Waals surface area contributed by atoms with Gasteiger partial charge in [-0.2, -0.15) is 0 Å². The van der Waals surface area contributed by atoms with Gasteiger partial charge in [0.15, 0.2) is 0 Å². The van der Waals surface area contributed by atoms with Crippen LogP contribution < -0.4 is 9.47 Å². The lowest BCUT2D eigenvalue weighted by molar-refractivity contribution is -0.277. The lowest BCUT2D eigenvalue weighted by atomic mass is 9.94. The van der Waals surface area contributed by atoms with Gasteiger partial charge in [-0.3, -0.25) is 0 Å². The summed E-state index contributed by atoms with van der Waals surface area (Å²) in [5.41, 5.74) is -0.104. The molecule has 0 aliphatic carbocycles. The molecule has 2 heterocycles. The van der Waals surface area contributed by atoms with E-state index >= 15 is 0 Å². The van der Waals surface area contributed by atoms with E-state index in [2.05, 4.69) is 0 Å². The second-order valence-electron chi connectivity index (χ2n) is 10.4. The molecule has 2 saturated heterocycles. The van der Waals surface area contributed by atoms with Crippen LogP contribution >= 0.6 is 0 Å². The predicted molar refractivity (Wildman–Crippen MR) is 144 cm³/mol. The normalized spacial score (nSPS) is 33.4. The van der Waals surface area contributed by atoms with E-state index < -0.39 is 86.2 Å². The third kappa shape index (κ3) is 6.47. The summed E-state index contributed by atoms with van der Waals surface area (Å²) in [6.45, 7) is -0.249. The first-order valence-corrected chi connectivity index (χ1v) is 13.5. The van der Waals surface area contributed by atoms with E-state index in [0.29, 0.717) is 5.57 Å². The van der Waals surface area contributed by atoms with Gasteiger partial charge in [0.05, 0.1) is 19.8 Å². The number of fused-ring (bicyclic) bond motifs is 1. The summed E-state index contributed by atoms with van der Waals surface area (Å²) in [6, 6.07) is 6.10. The van der Waals surface area contributed by atoms with Crippen molar-refractivity contribution in [1.82, 2.24) is 0 Å². The molecule has 0 bridgehead atoms. The fraction of sp³-hybridized carbons (Fsp3) is 0.536. The van der Waals surface area contributed by atoms with Gasteiger partial charge in [0, 0.05) is 16.3 Å². The third-order valence-electron chi connectivity index (χ3n) is 7.50. The number of rotatable bonds is 10. The number of aliphatic hydroxyl groups excluding tert-OH is 9. The number of carbonyl (C=O) groups is 1. The molecule has 2 aromatic carbocycles. The van der Waals surface area contributed by atoms with Crippen molar-refractivity contribution in [2.75, 3.05) is 19.8 Å². The SMILES string of the molecule is C/C(=C/Cc1c(C(=O)O)c(O[C@@H]2O[C@H](CO)[C@@H](O)[C@H](O)[C@H]2O)c2ccccc2c1O[C@@H]1O[C@H](CO)[C@@H](O)[C@H](O)[C@H]1O)CO.